The first-order valence-corrected chi connectivity index (χ1v) is 15.8. The largest absolute Gasteiger partial charge is 0.493 e. The van der Waals surface area contributed by atoms with Crippen LogP contribution < -0.4 is 4.74 Å². The molecule has 45 heavy (non-hydrogen) atoms. The lowest BCUT2D eigenvalue weighted by molar-refractivity contribution is 0.0513. The second kappa shape index (κ2) is 13.7. The number of rotatable bonds is 10. The molecule has 5 aromatic rings. The van der Waals surface area contributed by atoms with E-state index in [1.807, 2.05) is 37.3 Å². The third kappa shape index (κ3) is 6.26. The van der Waals surface area contributed by atoms with E-state index in [9.17, 15) is 4.79 Å². The van der Waals surface area contributed by atoms with E-state index >= 15 is 0 Å². The van der Waals surface area contributed by atoms with Gasteiger partial charge >= 0.3 is 5.97 Å². The standard InChI is InChI=1S/C37H42N4O4/c1-5-44-37(42)36-30(18-12-24-45-33-19-10-14-27-13-6-7-15-28(27)33)29-16-11-17-31-34-26(2)41(22-21-39(3)4)38-32(34)25-43-23-9-8-20-40(36)35(29)31/h6-11,13-17,19H,5,12,18,20-25H2,1-4H3/b9-8-. The van der Waals surface area contributed by atoms with E-state index in [0.29, 0.717) is 45.1 Å². The minimum Gasteiger partial charge on any atom is -0.493 e. The molecule has 234 valence electrons. The van der Waals surface area contributed by atoms with Crippen LogP contribution in [0.25, 0.3) is 32.8 Å². The van der Waals surface area contributed by atoms with Crippen molar-refractivity contribution >= 4 is 27.6 Å². The van der Waals surface area contributed by atoms with Gasteiger partial charge in [0.2, 0.25) is 0 Å². The fraction of sp³-hybridized carbons (Fsp3) is 0.351. The number of benzene rings is 3. The topological polar surface area (TPSA) is 70.7 Å². The Morgan fingerprint density at radius 2 is 1.82 bits per heavy atom. The van der Waals surface area contributed by atoms with Crippen LogP contribution in [0, 0.1) is 6.92 Å². The van der Waals surface area contributed by atoms with E-state index in [1.54, 1.807) is 0 Å². The molecule has 0 atom stereocenters. The van der Waals surface area contributed by atoms with Gasteiger partial charge in [0, 0.05) is 40.7 Å². The second-order valence-corrected chi connectivity index (χ2v) is 11.7. The Kier molecular flexibility index (Phi) is 9.33. The highest BCUT2D eigenvalue weighted by Gasteiger charge is 2.27. The zero-order valence-corrected chi connectivity index (χ0v) is 26.7. The summed E-state index contributed by atoms with van der Waals surface area (Å²) in [5, 5.41) is 8.33. The highest BCUT2D eigenvalue weighted by Crippen LogP contribution is 2.39. The maximum Gasteiger partial charge on any atom is 0.355 e. The van der Waals surface area contributed by atoms with E-state index in [-0.39, 0.29) is 5.97 Å². The van der Waals surface area contributed by atoms with Crippen LogP contribution in [0.4, 0.5) is 0 Å². The Labute approximate surface area is 264 Å². The van der Waals surface area contributed by atoms with Crippen LogP contribution >= 0.6 is 0 Å². The Morgan fingerprint density at radius 3 is 2.67 bits per heavy atom. The van der Waals surface area contributed by atoms with Gasteiger partial charge in [0.15, 0.2) is 0 Å². The number of carbonyl (C=O) groups is 1. The van der Waals surface area contributed by atoms with Crippen molar-refractivity contribution in [3.63, 3.8) is 0 Å². The summed E-state index contributed by atoms with van der Waals surface area (Å²) in [5.74, 6) is 0.572. The lowest BCUT2D eigenvalue weighted by Gasteiger charge is -2.13. The molecule has 0 unspecified atom stereocenters. The van der Waals surface area contributed by atoms with Gasteiger partial charge < -0.3 is 23.7 Å². The Bertz CT molecular complexity index is 1840. The van der Waals surface area contributed by atoms with Crippen LogP contribution in [0.2, 0.25) is 0 Å². The molecule has 3 heterocycles. The summed E-state index contributed by atoms with van der Waals surface area (Å²) in [6.45, 7) is 7.88. The van der Waals surface area contributed by atoms with Crippen LogP contribution in [-0.4, -0.2) is 65.7 Å². The predicted molar refractivity (Wildman–Crippen MR) is 179 cm³/mol. The molecule has 0 saturated heterocycles. The first-order chi connectivity index (χ1) is 22.0. The lowest BCUT2D eigenvalue weighted by Crippen LogP contribution is -2.19. The molecule has 2 aromatic heterocycles. The van der Waals surface area contributed by atoms with Gasteiger partial charge in [-0.05, 0) is 57.8 Å². The van der Waals surface area contributed by atoms with Gasteiger partial charge in [-0.3, -0.25) is 4.68 Å². The van der Waals surface area contributed by atoms with Crippen molar-refractivity contribution in [2.24, 2.45) is 0 Å². The zero-order chi connectivity index (χ0) is 31.3. The van der Waals surface area contributed by atoms with Crippen molar-refractivity contribution in [2.45, 2.75) is 46.4 Å². The van der Waals surface area contributed by atoms with Crippen molar-refractivity contribution in [3.05, 3.63) is 95.5 Å². The average Bonchev–Trinajstić information content (AvgIpc) is 3.52. The molecule has 0 bridgehead atoms. The minimum absolute atomic E-state index is 0.303. The fourth-order valence-corrected chi connectivity index (χ4v) is 6.35. The quantitative estimate of drug-likeness (QED) is 0.0989. The van der Waals surface area contributed by atoms with E-state index < -0.39 is 0 Å². The first-order valence-electron chi connectivity index (χ1n) is 15.8. The molecule has 8 heteroatoms. The molecule has 3 aromatic carbocycles. The number of hydrogen-bond acceptors (Lipinski definition) is 6. The average molecular weight is 607 g/mol. The van der Waals surface area contributed by atoms with E-state index in [4.69, 9.17) is 19.3 Å². The Balaban J connectivity index is 1.42. The predicted octanol–water partition coefficient (Wildman–Crippen LogP) is 6.80. The number of likely N-dealkylation sites (N-methyl/N-ethyl adjacent to an activating group) is 1. The van der Waals surface area contributed by atoms with Crippen molar-refractivity contribution in [1.82, 2.24) is 19.2 Å². The fourth-order valence-electron chi connectivity index (χ4n) is 6.35. The van der Waals surface area contributed by atoms with Gasteiger partial charge in [0.25, 0.3) is 0 Å². The molecular weight excluding hydrogens is 564 g/mol. The molecule has 0 spiro atoms. The molecule has 8 nitrogen and oxygen atoms in total. The molecule has 1 aliphatic heterocycles. The van der Waals surface area contributed by atoms with Crippen LogP contribution in [0.5, 0.6) is 5.75 Å². The van der Waals surface area contributed by atoms with Crippen LogP contribution in [0.15, 0.2) is 72.8 Å². The summed E-state index contributed by atoms with van der Waals surface area (Å²) in [4.78, 5) is 15.9. The number of fused-ring (bicyclic) bond motifs is 3. The summed E-state index contributed by atoms with van der Waals surface area (Å²) in [7, 11) is 4.14. The van der Waals surface area contributed by atoms with Gasteiger partial charge in [-0.25, -0.2) is 4.79 Å². The maximum absolute atomic E-state index is 13.7. The van der Waals surface area contributed by atoms with Crippen LogP contribution in [-0.2, 0) is 35.6 Å². The monoisotopic (exact) mass is 606 g/mol. The number of ether oxygens (including phenoxy) is 3. The van der Waals surface area contributed by atoms with Gasteiger partial charge in [-0.15, -0.1) is 0 Å². The summed E-state index contributed by atoms with van der Waals surface area (Å²) in [5.41, 5.74) is 6.74. The second-order valence-electron chi connectivity index (χ2n) is 11.7. The summed E-state index contributed by atoms with van der Waals surface area (Å²) in [6.07, 6.45) is 5.50. The van der Waals surface area contributed by atoms with Crippen molar-refractivity contribution < 1.29 is 19.0 Å². The van der Waals surface area contributed by atoms with Crippen molar-refractivity contribution in [1.29, 1.82) is 0 Å². The number of allylic oxidation sites excluding steroid dienone is 1. The van der Waals surface area contributed by atoms with E-state index in [2.05, 4.69) is 77.6 Å². The smallest absolute Gasteiger partial charge is 0.355 e. The number of hydrogen-bond donors (Lipinski definition) is 0. The number of nitrogens with zero attached hydrogens (tertiary/aromatic N) is 4. The SMILES string of the molecule is CCOC(=O)c1c(CCCOc2cccc3ccccc23)c2cccc3c2n1C/C=C\COCc1nn(CCN(C)C)c(C)c1-3. The van der Waals surface area contributed by atoms with Crippen LogP contribution in [0.1, 0.15) is 40.8 Å². The normalized spacial score (nSPS) is 14.0. The number of para-hydroxylation sites is 1. The molecule has 0 N–H and O–H groups in total. The van der Waals surface area contributed by atoms with Gasteiger partial charge in [-0.2, -0.15) is 5.10 Å². The summed E-state index contributed by atoms with van der Waals surface area (Å²) < 4.78 is 22.2. The minimum atomic E-state index is -0.303. The number of esters is 1. The third-order valence-corrected chi connectivity index (χ3v) is 8.45. The molecule has 0 fully saturated rings. The van der Waals surface area contributed by atoms with Gasteiger partial charge in [0.1, 0.15) is 11.4 Å². The first kappa shape index (κ1) is 30.6. The maximum atomic E-state index is 13.7. The summed E-state index contributed by atoms with van der Waals surface area (Å²) >= 11 is 0. The number of aryl methyl sites for hydroxylation is 1. The van der Waals surface area contributed by atoms with E-state index in [0.717, 1.165) is 75.0 Å². The molecule has 6 rings (SSSR count). The zero-order valence-electron chi connectivity index (χ0n) is 26.7. The molecule has 0 radical (unpaired) electrons. The van der Waals surface area contributed by atoms with Gasteiger partial charge in [0.05, 0.1) is 44.2 Å². The van der Waals surface area contributed by atoms with Crippen molar-refractivity contribution in [2.75, 3.05) is 40.5 Å². The highest BCUT2D eigenvalue weighted by molar-refractivity contribution is 6.05. The summed E-state index contributed by atoms with van der Waals surface area (Å²) in [6, 6.07) is 20.8. The molecule has 0 aliphatic carbocycles. The highest BCUT2D eigenvalue weighted by atomic mass is 16.5. The molecular formula is C37H42N4O4. The Morgan fingerprint density at radius 1 is 1.02 bits per heavy atom. The van der Waals surface area contributed by atoms with Crippen LogP contribution in [0.3, 0.4) is 0 Å². The molecule has 1 aliphatic rings. The molecule has 0 amide bonds. The Hall–Kier alpha value is -4.40. The molecule has 0 saturated carbocycles. The number of aromatic nitrogens is 3. The third-order valence-electron chi connectivity index (χ3n) is 8.45. The number of carbonyl (C=O) groups excluding carboxylic acids is 1. The van der Waals surface area contributed by atoms with Crippen molar-refractivity contribution in [3.8, 4) is 16.9 Å². The lowest BCUT2D eigenvalue weighted by atomic mass is 9.98. The van der Waals surface area contributed by atoms with Gasteiger partial charge in [-0.1, -0.05) is 66.7 Å². The van der Waals surface area contributed by atoms with E-state index in [1.165, 1.54) is 0 Å².